The van der Waals surface area contributed by atoms with Crippen molar-refractivity contribution in [3.8, 4) is 0 Å². The number of hydrogen-bond donors (Lipinski definition) is 1. The summed E-state index contributed by atoms with van der Waals surface area (Å²) in [5.41, 5.74) is 4.62. The average Bonchev–Trinajstić information content (AvgIpc) is 3.12. The first-order chi connectivity index (χ1) is 13.7. The largest absolute Gasteiger partial charge is 0.349 e. The van der Waals surface area contributed by atoms with Crippen LogP contribution in [0.3, 0.4) is 0 Å². The molecule has 2 aromatic carbocycles. The Morgan fingerprint density at radius 2 is 2.04 bits per heavy atom. The summed E-state index contributed by atoms with van der Waals surface area (Å²) in [6.07, 6.45) is 1.35. The van der Waals surface area contributed by atoms with Crippen LogP contribution < -0.4 is 5.32 Å². The molecule has 2 atom stereocenters. The zero-order chi connectivity index (χ0) is 19.3. The molecule has 4 rings (SSSR count). The third-order valence-electron chi connectivity index (χ3n) is 5.18. The summed E-state index contributed by atoms with van der Waals surface area (Å²) in [6.45, 7) is 5.34. The second-order valence-electron chi connectivity index (χ2n) is 7.39. The quantitative estimate of drug-likeness (QED) is 0.840. The molecule has 5 heteroatoms. The van der Waals surface area contributed by atoms with Gasteiger partial charge in [-0.15, -0.1) is 0 Å². The van der Waals surface area contributed by atoms with Crippen LogP contribution in [0.15, 0.2) is 66.2 Å². The van der Waals surface area contributed by atoms with Gasteiger partial charge in [-0.3, -0.25) is 9.69 Å². The Kier molecular flexibility index (Phi) is 5.86. The van der Waals surface area contributed by atoms with E-state index < -0.39 is 0 Å². The van der Waals surface area contributed by atoms with E-state index in [4.69, 9.17) is 9.47 Å². The molecule has 1 fully saturated rings. The van der Waals surface area contributed by atoms with Crippen LogP contribution in [0.5, 0.6) is 0 Å². The molecule has 0 unspecified atom stereocenters. The maximum absolute atomic E-state index is 11.5. The van der Waals surface area contributed by atoms with Crippen LogP contribution in [0.2, 0.25) is 0 Å². The monoisotopic (exact) mass is 378 g/mol. The smallest absolute Gasteiger partial charge is 0.244 e. The predicted molar refractivity (Wildman–Crippen MR) is 108 cm³/mol. The number of carbonyl (C=O) groups excluding carboxylic acids is 1. The summed E-state index contributed by atoms with van der Waals surface area (Å²) in [6, 6.07) is 18.7. The average molecular weight is 378 g/mol. The Morgan fingerprint density at radius 3 is 2.79 bits per heavy atom. The molecule has 28 heavy (non-hydrogen) atoms. The number of aryl methyl sites for hydroxylation is 1. The van der Waals surface area contributed by atoms with Gasteiger partial charge >= 0.3 is 0 Å². The number of nitrogens with one attached hydrogen (secondary N) is 1. The van der Waals surface area contributed by atoms with Gasteiger partial charge in [-0.05, 0) is 23.6 Å². The van der Waals surface area contributed by atoms with E-state index >= 15 is 0 Å². The molecule has 0 saturated carbocycles. The number of hydrogen-bond acceptors (Lipinski definition) is 4. The topological polar surface area (TPSA) is 50.8 Å². The minimum Gasteiger partial charge on any atom is -0.349 e. The SMILES string of the molecule is Cc1cccc(CO[C@H]2OCCN(CC3=CC(=O)NC3)[C@H]2c2ccccc2)c1. The molecule has 5 nitrogen and oxygen atoms in total. The van der Waals surface area contributed by atoms with Gasteiger partial charge < -0.3 is 14.8 Å². The summed E-state index contributed by atoms with van der Waals surface area (Å²) in [4.78, 5) is 13.9. The molecule has 0 aromatic heterocycles. The van der Waals surface area contributed by atoms with E-state index in [-0.39, 0.29) is 18.2 Å². The van der Waals surface area contributed by atoms with Gasteiger partial charge in [0.1, 0.15) is 0 Å². The minimum absolute atomic E-state index is 0.00762. The summed E-state index contributed by atoms with van der Waals surface area (Å²) in [7, 11) is 0. The number of carbonyl (C=O) groups is 1. The number of amides is 1. The van der Waals surface area contributed by atoms with E-state index in [1.165, 1.54) is 5.56 Å². The van der Waals surface area contributed by atoms with Gasteiger partial charge in [-0.25, -0.2) is 0 Å². The lowest BCUT2D eigenvalue weighted by atomic mass is 10.0. The highest BCUT2D eigenvalue weighted by atomic mass is 16.7. The van der Waals surface area contributed by atoms with E-state index in [0.29, 0.717) is 19.8 Å². The minimum atomic E-state index is -0.359. The van der Waals surface area contributed by atoms with Crippen molar-refractivity contribution >= 4 is 5.91 Å². The summed E-state index contributed by atoms with van der Waals surface area (Å²) >= 11 is 0. The fourth-order valence-electron chi connectivity index (χ4n) is 3.85. The van der Waals surface area contributed by atoms with Crippen molar-refractivity contribution in [2.75, 3.05) is 26.2 Å². The van der Waals surface area contributed by atoms with Crippen LogP contribution in [0.25, 0.3) is 0 Å². The molecule has 146 valence electrons. The molecule has 0 bridgehead atoms. The number of benzene rings is 2. The van der Waals surface area contributed by atoms with Crippen molar-refractivity contribution in [1.29, 1.82) is 0 Å². The van der Waals surface area contributed by atoms with Gasteiger partial charge in [0.05, 0.1) is 19.3 Å². The van der Waals surface area contributed by atoms with E-state index in [1.807, 2.05) is 24.3 Å². The highest BCUT2D eigenvalue weighted by Crippen LogP contribution is 2.31. The van der Waals surface area contributed by atoms with E-state index in [1.54, 1.807) is 6.08 Å². The molecule has 1 saturated heterocycles. The van der Waals surface area contributed by atoms with Crippen molar-refractivity contribution in [3.63, 3.8) is 0 Å². The van der Waals surface area contributed by atoms with Crippen LogP contribution in [0.1, 0.15) is 22.7 Å². The van der Waals surface area contributed by atoms with Gasteiger partial charge in [0.25, 0.3) is 0 Å². The van der Waals surface area contributed by atoms with Crippen molar-refractivity contribution in [2.24, 2.45) is 0 Å². The van der Waals surface area contributed by atoms with Crippen molar-refractivity contribution < 1.29 is 14.3 Å². The predicted octanol–water partition coefficient (Wildman–Crippen LogP) is 2.97. The Bertz CT molecular complexity index is 850. The molecule has 1 N–H and O–H groups in total. The second-order valence-corrected chi connectivity index (χ2v) is 7.39. The highest BCUT2D eigenvalue weighted by Gasteiger charge is 2.35. The lowest BCUT2D eigenvalue weighted by Crippen LogP contribution is -2.47. The molecule has 0 spiro atoms. The Hall–Kier alpha value is -2.47. The summed E-state index contributed by atoms with van der Waals surface area (Å²) in [5.74, 6) is -0.00762. The van der Waals surface area contributed by atoms with Crippen LogP contribution in [0.4, 0.5) is 0 Å². The van der Waals surface area contributed by atoms with Crippen molar-refractivity contribution in [2.45, 2.75) is 25.9 Å². The molecule has 2 heterocycles. The fourth-order valence-corrected chi connectivity index (χ4v) is 3.85. The van der Waals surface area contributed by atoms with Crippen LogP contribution in [-0.4, -0.2) is 43.3 Å². The molecule has 2 aliphatic heterocycles. The van der Waals surface area contributed by atoms with Crippen LogP contribution >= 0.6 is 0 Å². The molecule has 0 aliphatic carbocycles. The van der Waals surface area contributed by atoms with Gasteiger partial charge in [0, 0.05) is 25.7 Å². The zero-order valence-electron chi connectivity index (χ0n) is 16.1. The first-order valence-electron chi connectivity index (χ1n) is 9.74. The number of ether oxygens (including phenoxy) is 2. The van der Waals surface area contributed by atoms with Gasteiger partial charge in [-0.1, -0.05) is 60.2 Å². The number of nitrogens with zero attached hydrogens (tertiary/aromatic N) is 1. The summed E-state index contributed by atoms with van der Waals surface area (Å²) in [5, 5.41) is 2.86. The third kappa shape index (κ3) is 4.50. The Morgan fingerprint density at radius 1 is 1.18 bits per heavy atom. The summed E-state index contributed by atoms with van der Waals surface area (Å²) < 4.78 is 12.3. The fraction of sp³-hybridized carbons (Fsp3) is 0.348. The molecule has 0 radical (unpaired) electrons. The normalized spacial score (nSPS) is 22.8. The van der Waals surface area contributed by atoms with E-state index in [2.05, 4.69) is 47.5 Å². The molecule has 1 amide bonds. The third-order valence-corrected chi connectivity index (χ3v) is 5.18. The zero-order valence-corrected chi connectivity index (χ0v) is 16.1. The van der Waals surface area contributed by atoms with Gasteiger partial charge in [-0.2, -0.15) is 0 Å². The van der Waals surface area contributed by atoms with Crippen LogP contribution in [-0.2, 0) is 20.9 Å². The van der Waals surface area contributed by atoms with E-state index in [0.717, 1.165) is 29.8 Å². The Labute approximate surface area is 165 Å². The van der Waals surface area contributed by atoms with Crippen molar-refractivity contribution in [3.05, 3.63) is 82.9 Å². The number of morpholine rings is 1. The van der Waals surface area contributed by atoms with Gasteiger partial charge in [0.2, 0.25) is 5.91 Å². The van der Waals surface area contributed by atoms with Gasteiger partial charge in [0.15, 0.2) is 6.29 Å². The maximum atomic E-state index is 11.5. The molecule has 2 aliphatic rings. The number of rotatable bonds is 6. The first-order valence-corrected chi connectivity index (χ1v) is 9.74. The first kappa shape index (κ1) is 18.9. The molecular weight excluding hydrogens is 352 g/mol. The second kappa shape index (κ2) is 8.69. The highest BCUT2D eigenvalue weighted by molar-refractivity contribution is 5.91. The van der Waals surface area contributed by atoms with Crippen LogP contribution in [0, 0.1) is 6.92 Å². The van der Waals surface area contributed by atoms with Crippen molar-refractivity contribution in [1.82, 2.24) is 10.2 Å². The molecule has 2 aromatic rings. The Balaban J connectivity index is 1.53. The molecular formula is C23H26N2O3. The maximum Gasteiger partial charge on any atom is 0.244 e. The standard InChI is InChI=1S/C23H26N2O3/c1-17-6-5-7-18(12-17)16-28-23-22(20-8-3-2-4-9-20)25(10-11-27-23)15-19-13-21(26)24-14-19/h2-9,12-13,22-23H,10-11,14-16H2,1H3,(H,24,26)/t22-,23+/m0/s1. The lowest BCUT2D eigenvalue weighted by Gasteiger charge is -2.41. The van der Waals surface area contributed by atoms with E-state index in [9.17, 15) is 4.79 Å². The lowest BCUT2D eigenvalue weighted by molar-refractivity contribution is -0.215.